The van der Waals surface area contributed by atoms with Crippen molar-refractivity contribution in [1.29, 1.82) is 0 Å². The molecule has 11 rings (SSSR count). The van der Waals surface area contributed by atoms with E-state index in [1.54, 1.807) is 6.39 Å². The minimum Gasteiger partial charge on any atom is -0.443 e. The van der Waals surface area contributed by atoms with E-state index < -0.39 is 0 Å². The Balaban J connectivity index is 1.12. The molecule has 0 spiro atoms. The largest absolute Gasteiger partial charge is 0.443 e. The minimum absolute atomic E-state index is 0.0546. The average Bonchev–Trinajstić information content (AvgIpc) is 3.65. The summed E-state index contributed by atoms with van der Waals surface area (Å²) >= 11 is 0. The molecule has 4 fully saturated rings. The molecular formula is C43H38N2O. The van der Waals surface area contributed by atoms with Gasteiger partial charge in [0.05, 0.1) is 5.69 Å². The molecule has 0 unspecified atom stereocenters. The van der Waals surface area contributed by atoms with Crippen LogP contribution in [0.2, 0.25) is 0 Å². The zero-order valence-electron chi connectivity index (χ0n) is 26.6. The van der Waals surface area contributed by atoms with Gasteiger partial charge in [0.15, 0.2) is 12.0 Å². The van der Waals surface area contributed by atoms with Crippen molar-refractivity contribution in [3.8, 4) is 44.6 Å². The van der Waals surface area contributed by atoms with Gasteiger partial charge in [0.2, 0.25) is 0 Å². The first-order valence-corrected chi connectivity index (χ1v) is 17.1. The molecule has 226 valence electrons. The summed E-state index contributed by atoms with van der Waals surface area (Å²) in [5.41, 5.74) is 15.4. The molecule has 2 aromatic heterocycles. The van der Waals surface area contributed by atoms with Gasteiger partial charge in [0, 0.05) is 33.2 Å². The number of oxazole rings is 1. The molecular weight excluding hydrogens is 560 g/mol. The van der Waals surface area contributed by atoms with Gasteiger partial charge in [0.25, 0.3) is 0 Å². The molecule has 4 bridgehead atoms. The topological polar surface area (TPSA) is 38.9 Å². The van der Waals surface area contributed by atoms with Crippen molar-refractivity contribution in [2.45, 2.75) is 63.2 Å². The molecule has 4 aromatic carbocycles. The van der Waals surface area contributed by atoms with Gasteiger partial charge >= 0.3 is 0 Å². The van der Waals surface area contributed by atoms with E-state index in [9.17, 15) is 0 Å². The van der Waals surface area contributed by atoms with Gasteiger partial charge in [-0.3, -0.25) is 4.98 Å². The number of fused-ring (bicyclic) bond motifs is 4. The highest BCUT2D eigenvalue weighted by Gasteiger charge is 2.52. The second-order valence-electron chi connectivity index (χ2n) is 15.3. The maximum Gasteiger partial charge on any atom is 0.182 e. The van der Waals surface area contributed by atoms with Gasteiger partial charge in [-0.15, -0.1) is 0 Å². The average molecular weight is 599 g/mol. The minimum atomic E-state index is -0.0546. The van der Waals surface area contributed by atoms with E-state index in [1.807, 2.05) is 0 Å². The van der Waals surface area contributed by atoms with Crippen molar-refractivity contribution >= 4 is 11.1 Å². The van der Waals surface area contributed by atoms with E-state index in [0.717, 1.165) is 45.7 Å². The fourth-order valence-electron chi connectivity index (χ4n) is 10.4. The summed E-state index contributed by atoms with van der Waals surface area (Å²) < 4.78 is 6.22. The van der Waals surface area contributed by atoms with Crippen LogP contribution in [0.1, 0.15) is 69.2 Å². The summed E-state index contributed by atoms with van der Waals surface area (Å²) in [5.74, 6) is 2.59. The van der Waals surface area contributed by atoms with E-state index in [0.29, 0.717) is 0 Å². The van der Waals surface area contributed by atoms with Crippen LogP contribution < -0.4 is 0 Å². The van der Waals surface area contributed by atoms with Gasteiger partial charge < -0.3 is 4.42 Å². The Hall–Kier alpha value is -4.50. The number of nitrogens with zero attached hydrogens (tertiary/aromatic N) is 2. The number of rotatable bonds is 4. The number of pyridine rings is 1. The third-order valence-corrected chi connectivity index (χ3v) is 12.2. The molecule has 5 aliphatic carbocycles. The first-order chi connectivity index (χ1) is 22.4. The van der Waals surface area contributed by atoms with Crippen molar-refractivity contribution in [1.82, 2.24) is 9.97 Å². The molecule has 5 aliphatic rings. The molecule has 2 heterocycles. The van der Waals surface area contributed by atoms with Crippen LogP contribution >= 0.6 is 0 Å². The van der Waals surface area contributed by atoms with E-state index in [-0.39, 0.29) is 10.8 Å². The molecule has 0 atom stereocenters. The third kappa shape index (κ3) is 3.84. The van der Waals surface area contributed by atoms with Gasteiger partial charge in [-0.05, 0) is 114 Å². The highest BCUT2D eigenvalue weighted by Crippen LogP contribution is 2.61. The Kier molecular flexibility index (Phi) is 5.52. The predicted molar refractivity (Wildman–Crippen MR) is 186 cm³/mol. The molecule has 4 saturated carbocycles. The lowest BCUT2D eigenvalue weighted by Gasteiger charge is -2.56. The van der Waals surface area contributed by atoms with Crippen molar-refractivity contribution in [2.75, 3.05) is 0 Å². The zero-order valence-corrected chi connectivity index (χ0v) is 26.6. The Morgan fingerprint density at radius 3 is 2.07 bits per heavy atom. The number of aromatic nitrogens is 2. The van der Waals surface area contributed by atoms with Crippen LogP contribution in [-0.4, -0.2) is 9.97 Å². The standard InChI is InChI=1S/C43H38N2O/c1-42(2)36-11-7-6-10-34(36)35-13-12-30(19-37(35)42)33-15-14-32(40-41(33)46-25-44-40)31-20-38(29-8-4-3-5-9-29)45-39(21-31)43-22-26-16-27(23-43)18-28(17-26)24-43/h3-15,19-21,25-28H,16-18,22-24H2,1-2H3. The van der Waals surface area contributed by atoms with Crippen LogP contribution in [0.5, 0.6) is 0 Å². The van der Waals surface area contributed by atoms with E-state index >= 15 is 0 Å². The fraction of sp³-hybridized carbons (Fsp3) is 0.302. The number of hydrogen-bond acceptors (Lipinski definition) is 3. The Labute approximate surface area is 270 Å². The second kappa shape index (κ2) is 9.51. The lowest BCUT2D eigenvalue weighted by Crippen LogP contribution is -2.49. The molecule has 0 amide bonds. The van der Waals surface area contributed by atoms with Crippen LogP contribution in [0.3, 0.4) is 0 Å². The normalized spacial score (nSPS) is 25.1. The molecule has 0 radical (unpaired) electrons. The Morgan fingerprint density at radius 1 is 0.609 bits per heavy atom. The van der Waals surface area contributed by atoms with Crippen molar-refractivity contribution in [2.24, 2.45) is 17.8 Å². The predicted octanol–water partition coefficient (Wildman–Crippen LogP) is 11.0. The van der Waals surface area contributed by atoms with E-state index in [2.05, 4.69) is 111 Å². The fourth-order valence-corrected chi connectivity index (χ4v) is 10.4. The second-order valence-corrected chi connectivity index (χ2v) is 15.3. The van der Waals surface area contributed by atoms with Crippen molar-refractivity contribution in [3.05, 3.63) is 120 Å². The number of hydrogen-bond donors (Lipinski definition) is 0. The van der Waals surface area contributed by atoms with Gasteiger partial charge in [-0.25, -0.2) is 4.98 Å². The lowest BCUT2D eigenvalue weighted by molar-refractivity contribution is -0.00712. The summed E-state index contributed by atoms with van der Waals surface area (Å²) in [6, 6.07) is 35.6. The van der Waals surface area contributed by atoms with Crippen LogP contribution in [0, 0.1) is 17.8 Å². The third-order valence-electron chi connectivity index (χ3n) is 12.2. The van der Waals surface area contributed by atoms with Crippen molar-refractivity contribution < 1.29 is 4.42 Å². The Morgan fingerprint density at radius 2 is 1.28 bits per heavy atom. The maximum atomic E-state index is 6.22. The monoisotopic (exact) mass is 598 g/mol. The highest BCUT2D eigenvalue weighted by molar-refractivity contribution is 6.00. The van der Waals surface area contributed by atoms with E-state index in [1.165, 1.54) is 83.2 Å². The number of benzene rings is 4. The lowest BCUT2D eigenvalue weighted by atomic mass is 9.48. The van der Waals surface area contributed by atoms with Crippen LogP contribution in [-0.2, 0) is 10.8 Å². The summed E-state index contributed by atoms with van der Waals surface area (Å²) in [6.07, 6.45) is 9.78. The zero-order chi connectivity index (χ0) is 30.6. The van der Waals surface area contributed by atoms with Gasteiger partial charge in [-0.1, -0.05) is 86.6 Å². The van der Waals surface area contributed by atoms with Crippen molar-refractivity contribution in [3.63, 3.8) is 0 Å². The summed E-state index contributed by atoms with van der Waals surface area (Å²) in [7, 11) is 0. The van der Waals surface area contributed by atoms with Gasteiger partial charge in [-0.2, -0.15) is 0 Å². The SMILES string of the molecule is CC1(C)c2ccccc2-c2ccc(-c3ccc(-c4cc(-c5ccccc5)nc(C56CC7CC(CC(C7)C5)C6)c4)c4ncoc34)cc21. The van der Waals surface area contributed by atoms with Crippen LogP contribution in [0.25, 0.3) is 55.7 Å². The molecule has 3 heteroatoms. The first kappa shape index (κ1) is 26.7. The molecule has 46 heavy (non-hydrogen) atoms. The molecule has 0 aliphatic heterocycles. The Bertz CT molecular complexity index is 2140. The quantitative estimate of drug-likeness (QED) is 0.203. The molecule has 6 aromatic rings. The maximum absolute atomic E-state index is 6.22. The molecule has 0 saturated heterocycles. The van der Waals surface area contributed by atoms with Crippen LogP contribution in [0.15, 0.2) is 108 Å². The summed E-state index contributed by atoms with van der Waals surface area (Å²) in [6.45, 7) is 4.67. The summed E-state index contributed by atoms with van der Waals surface area (Å²) in [4.78, 5) is 10.3. The first-order valence-electron chi connectivity index (χ1n) is 17.1. The van der Waals surface area contributed by atoms with Gasteiger partial charge in [0.1, 0.15) is 5.52 Å². The molecule has 0 N–H and O–H groups in total. The van der Waals surface area contributed by atoms with E-state index in [4.69, 9.17) is 14.4 Å². The smallest absolute Gasteiger partial charge is 0.182 e. The van der Waals surface area contributed by atoms with Crippen LogP contribution in [0.4, 0.5) is 0 Å². The highest BCUT2D eigenvalue weighted by atomic mass is 16.3. The molecule has 3 nitrogen and oxygen atoms in total. The summed E-state index contributed by atoms with van der Waals surface area (Å²) in [5, 5.41) is 0.